The summed E-state index contributed by atoms with van der Waals surface area (Å²) in [5.74, 6) is 0. The van der Waals surface area contributed by atoms with Gasteiger partial charge in [-0.05, 0) is 30.9 Å². The van der Waals surface area contributed by atoms with Crippen molar-refractivity contribution in [1.29, 1.82) is 0 Å². The number of hydrogen-bond acceptors (Lipinski definition) is 3. The van der Waals surface area contributed by atoms with Gasteiger partial charge in [0, 0.05) is 17.7 Å². The normalized spacial score (nSPS) is 33.2. The van der Waals surface area contributed by atoms with Crippen LogP contribution in [0.4, 0.5) is 0 Å². The predicted octanol–water partition coefficient (Wildman–Crippen LogP) is 2.44. The number of ether oxygens (including phenoxy) is 1. The summed E-state index contributed by atoms with van der Waals surface area (Å²) in [5.41, 5.74) is 0.558. The Morgan fingerprint density at radius 3 is 3.00 bits per heavy atom. The molecule has 0 aromatic carbocycles. The zero-order valence-electron chi connectivity index (χ0n) is 8.62. The topological polar surface area (TPSA) is 29.5 Å². The average molecular weight is 212 g/mol. The standard InChI is InChI=1S/C11H16O2S/c1-8-3-6-14-10(8)11(12)4-5-13-9(2)7-11/h3,6,9,12H,4-5,7H2,1-2H3. The molecule has 1 fully saturated rings. The zero-order valence-corrected chi connectivity index (χ0v) is 9.43. The maximum absolute atomic E-state index is 10.5. The molecule has 0 aliphatic carbocycles. The van der Waals surface area contributed by atoms with Crippen molar-refractivity contribution in [2.24, 2.45) is 0 Å². The highest BCUT2D eigenvalue weighted by Gasteiger charge is 2.36. The van der Waals surface area contributed by atoms with Crippen LogP contribution in [0, 0.1) is 6.92 Å². The second-order valence-electron chi connectivity index (χ2n) is 4.10. The van der Waals surface area contributed by atoms with Crippen molar-refractivity contribution in [2.45, 2.75) is 38.4 Å². The summed E-state index contributed by atoms with van der Waals surface area (Å²) in [4.78, 5) is 1.12. The van der Waals surface area contributed by atoms with Crippen LogP contribution in [-0.2, 0) is 10.3 Å². The van der Waals surface area contributed by atoms with E-state index in [1.165, 1.54) is 5.56 Å². The smallest absolute Gasteiger partial charge is 0.104 e. The molecular formula is C11H16O2S. The number of hydrogen-bond donors (Lipinski definition) is 1. The summed E-state index contributed by atoms with van der Waals surface area (Å²) in [6.07, 6.45) is 1.60. The maximum Gasteiger partial charge on any atom is 0.104 e. The van der Waals surface area contributed by atoms with Crippen LogP contribution in [0.1, 0.15) is 30.2 Å². The Morgan fingerprint density at radius 1 is 1.64 bits per heavy atom. The highest BCUT2D eigenvalue weighted by Crippen LogP contribution is 2.38. The Kier molecular flexibility index (Phi) is 2.64. The van der Waals surface area contributed by atoms with Crippen molar-refractivity contribution in [3.63, 3.8) is 0 Å². The minimum absolute atomic E-state index is 0.162. The summed E-state index contributed by atoms with van der Waals surface area (Å²) < 4.78 is 5.46. The Morgan fingerprint density at radius 2 is 2.43 bits per heavy atom. The van der Waals surface area contributed by atoms with Gasteiger partial charge in [0.25, 0.3) is 0 Å². The van der Waals surface area contributed by atoms with Gasteiger partial charge in [-0.3, -0.25) is 0 Å². The second kappa shape index (κ2) is 3.65. The lowest BCUT2D eigenvalue weighted by Crippen LogP contribution is -2.37. The molecule has 1 aliphatic rings. The molecule has 78 valence electrons. The summed E-state index contributed by atoms with van der Waals surface area (Å²) in [6.45, 7) is 4.74. The molecule has 0 saturated carbocycles. The monoisotopic (exact) mass is 212 g/mol. The molecule has 1 saturated heterocycles. The second-order valence-corrected chi connectivity index (χ2v) is 5.02. The highest BCUT2D eigenvalue weighted by atomic mass is 32.1. The van der Waals surface area contributed by atoms with Crippen LogP contribution in [0.2, 0.25) is 0 Å². The molecule has 1 aliphatic heterocycles. The number of aliphatic hydroxyl groups is 1. The third kappa shape index (κ3) is 1.72. The van der Waals surface area contributed by atoms with Crippen LogP contribution >= 0.6 is 11.3 Å². The molecule has 2 nitrogen and oxygen atoms in total. The number of aryl methyl sites for hydroxylation is 1. The van der Waals surface area contributed by atoms with Crippen molar-refractivity contribution in [3.05, 3.63) is 21.9 Å². The molecule has 0 spiro atoms. The number of thiophene rings is 1. The molecule has 2 unspecified atom stereocenters. The largest absolute Gasteiger partial charge is 0.384 e. The van der Waals surface area contributed by atoms with Crippen molar-refractivity contribution < 1.29 is 9.84 Å². The Balaban J connectivity index is 2.27. The van der Waals surface area contributed by atoms with Gasteiger partial charge in [0.2, 0.25) is 0 Å². The SMILES string of the molecule is Cc1ccsc1C1(O)CCOC(C)C1. The van der Waals surface area contributed by atoms with E-state index in [1.807, 2.05) is 12.3 Å². The van der Waals surface area contributed by atoms with E-state index in [1.54, 1.807) is 11.3 Å². The molecule has 0 bridgehead atoms. The van der Waals surface area contributed by atoms with Crippen molar-refractivity contribution in [2.75, 3.05) is 6.61 Å². The van der Waals surface area contributed by atoms with E-state index in [9.17, 15) is 5.11 Å². The fourth-order valence-corrected chi connectivity index (χ4v) is 3.19. The summed E-state index contributed by atoms with van der Waals surface area (Å²) in [7, 11) is 0. The highest BCUT2D eigenvalue weighted by molar-refractivity contribution is 7.10. The van der Waals surface area contributed by atoms with Gasteiger partial charge in [-0.15, -0.1) is 11.3 Å². The first-order chi connectivity index (χ1) is 6.62. The predicted molar refractivity (Wildman–Crippen MR) is 57.6 cm³/mol. The fraction of sp³-hybridized carbons (Fsp3) is 0.636. The van der Waals surface area contributed by atoms with E-state index in [0.29, 0.717) is 13.0 Å². The molecule has 2 heterocycles. The fourth-order valence-electron chi connectivity index (χ4n) is 2.12. The molecule has 14 heavy (non-hydrogen) atoms. The Hall–Kier alpha value is -0.380. The summed E-state index contributed by atoms with van der Waals surface area (Å²) in [6, 6.07) is 2.07. The van der Waals surface area contributed by atoms with Gasteiger partial charge >= 0.3 is 0 Å². The first-order valence-electron chi connectivity index (χ1n) is 5.00. The molecule has 0 radical (unpaired) electrons. The average Bonchev–Trinajstić information content (AvgIpc) is 2.51. The van der Waals surface area contributed by atoms with E-state index >= 15 is 0 Å². The van der Waals surface area contributed by atoms with Gasteiger partial charge in [0.05, 0.1) is 12.7 Å². The lowest BCUT2D eigenvalue weighted by atomic mass is 9.88. The first-order valence-corrected chi connectivity index (χ1v) is 5.88. The van der Waals surface area contributed by atoms with Crippen molar-refractivity contribution >= 4 is 11.3 Å². The lowest BCUT2D eigenvalue weighted by molar-refractivity contribution is -0.0996. The van der Waals surface area contributed by atoms with Gasteiger partial charge in [0.15, 0.2) is 0 Å². The van der Waals surface area contributed by atoms with E-state index in [4.69, 9.17) is 4.74 Å². The Bertz CT molecular complexity index is 321. The molecule has 1 N–H and O–H groups in total. The van der Waals surface area contributed by atoms with Gasteiger partial charge in [-0.25, -0.2) is 0 Å². The number of rotatable bonds is 1. The lowest BCUT2D eigenvalue weighted by Gasteiger charge is -2.35. The minimum Gasteiger partial charge on any atom is -0.384 e. The van der Waals surface area contributed by atoms with Crippen LogP contribution in [0.15, 0.2) is 11.4 Å². The van der Waals surface area contributed by atoms with Gasteiger partial charge in [-0.1, -0.05) is 0 Å². The van der Waals surface area contributed by atoms with Gasteiger partial charge in [-0.2, -0.15) is 0 Å². The summed E-state index contributed by atoms with van der Waals surface area (Å²) >= 11 is 1.65. The third-order valence-corrected chi connectivity index (χ3v) is 4.04. The van der Waals surface area contributed by atoms with Gasteiger partial charge < -0.3 is 9.84 Å². The van der Waals surface area contributed by atoms with Crippen molar-refractivity contribution in [1.82, 2.24) is 0 Å². The Labute approximate surface area is 88.5 Å². The van der Waals surface area contributed by atoms with E-state index in [2.05, 4.69) is 13.0 Å². The quantitative estimate of drug-likeness (QED) is 0.774. The van der Waals surface area contributed by atoms with Crippen molar-refractivity contribution in [3.8, 4) is 0 Å². The van der Waals surface area contributed by atoms with Crippen LogP contribution in [0.3, 0.4) is 0 Å². The molecule has 2 rings (SSSR count). The molecule has 0 amide bonds. The molecular weight excluding hydrogens is 196 g/mol. The van der Waals surface area contributed by atoms with Crippen LogP contribution < -0.4 is 0 Å². The third-order valence-electron chi connectivity index (χ3n) is 2.83. The molecule has 1 aromatic rings. The van der Waals surface area contributed by atoms with Gasteiger partial charge in [0.1, 0.15) is 5.60 Å². The zero-order chi connectivity index (χ0) is 10.2. The molecule has 1 aromatic heterocycles. The first kappa shape index (κ1) is 10.1. The van der Waals surface area contributed by atoms with Crippen LogP contribution in [-0.4, -0.2) is 17.8 Å². The van der Waals surface area contributed by atoms with Crippen LogP contribution in [0.25, 0.3) is 0 Å². The van der Waals surface area contributed by atoms with E-state index in [-0.39, 0.29) is 6.10 Å². The van der Waals surface area contributed by atoms with Crippen LogP contribution in [0.5, 0.6) is 0 Å². The van der Waals surface area contributed by atoms with E-state index in [0.717, 1.165) is 11.3 Å². The molecule has 2 atom stereocenters. The van der Waals surface area contributed by atoms with E-state index < -0.39 is 5.60 Å². The minimum atomic E-state index is -0.643. The summed E-state index contributed by atoms with van der Waals surface area (Å²) in [5, 5.41) is 12.6. The molecule has 3 heteroatoms. The maximum atomic E-state index is 10.5.